The van der Waals surface area contributed by atoms with Gasteiger partial charge in [-0.05, 0) is 24.5 Å². The number of unbranched alkanes of at least 4 members (excludes halogenated alkanes) is 1. The molecule has 1 atom stereocenters. The highest BCUT2D eigenvalue weighted by atomic mass is 14.9. The zero-order chi connectivity index (χ0) is 11.8. The quantitative estimate of drug-likeness (QED) is 0.763. The van der Waals surface area contributed by atoms with Gasteiger partial charge in [-0.25, -0.2) is 0 Å². The lowest BCUT2D eigenvalue weighted by atomic mass is 10.0. The van der Waals surface area contributed by atoms with Gasteiger partial charge in [0, 0.05) is 24.5 Å². The highest BCUT2D eigenvalue weighted by Gasteiger charge is 2.10. The van der Waals surface area contributed by atoms with Crippen LogP contribution in [0.3, 0.4) is 0 Å². The maximum absolute atomic E-state index is 4.17. The molecular formula is C14H24N2. The molecule has 16 heavy (non-hydrogen) atoms. The molecule has 0 amide bonds. The number of nitrogens with one attached hydrogen (secondary N) is 1. The average Bonchev–Trinajstić information content (AvgIpc) is 2.26. The van der Waals surface area contributed by atoms with Crippen molar-refractivity contribution in [2.45, 2.75) is 58.5 Å². The molecule has 0 aromatic carbocycles. The van der Waals surface area contributed by atoms with Crippen molar-refractivity contribution < 1.29 is 0 Å². The van der Waals surface area contributed by atoms with Gasteiger partial charge < -0.3 is 5.32 Å². The Morgan fingerprint density at radius 3 is 2.75 bits per heavy atom. The molecule has 1 N–H and O–H groups in total. The topological polar surface area (TPSA) is 24.9 Å². The van der Waals surface area contributed by atoms with Gasteiger partial charge in [0.15, 0.2) is 0 Å². The van der Waals surface area contributed by atoms with E-state index in [0.29, 0.717) is 12.1 Å². The second-order valence-electron chi connectivity index (χ2n) is 4.73. The number of aromatic nitrogens is 1. The molecule has 0 aliphatic carbocycles. The zero-order valence-corrected chi connectivity index (χ0v) is 10.7. The highest BCUT2D eigenvalue weighted by Crippen LogP contribution is 2.08. The van der Waals surface area contributed by atoms with Gasteiger partial charge in [0.25, 0.3) is 0 Å². The molecule has 0 radical (unpaired) electrons. The predicted octanol–water partition coefficient (Wildman–Crippen LogP) is 3.18. The first kappa shape index (κ1) is 13.2. The van der Waals surface area contributed by atoms with Crippen LogP contribution in [-0.2, 0) is 6.42 Å². The molecule has 1 aromatic heterocycles. The Bertz CT molecular complexity index is 269. The lowest BCUT2D eigenvalue weighted by Crippen LogP contribution is -2.36. The molecule has 1 heterocycles. The predicted molar refractivity (Wildman–Crippen MR) is 69.5 cm³/mol. The maximum Gasteiger partial charge on any atom is 0.0300 e. The molecule has 2 nitrogen and oxygen atoms in total. The van der Waals surface area contributed by atoms with Gasteiger partial charge in [-0.2, -0.15) is 0 Å². The number of rotatable bonds is 7. The minimum absolute atomic E-state index is 0.554. The molecule has 0 spiro atoms. The van der Waals surface area contributed by atoms with Crippen molar-refractivity contribution in [1.29, 1.82) is 0 Å². The van der Waals surface area contributed by atoms with Crippen molar-refractivity contribution in [3.63, 3.8) is 0 Å². The van der Waals surface area contributed by atoms with E-state index in [2.05, 4.69) is 37.1 Å². The molecule has 1 aromatic rings. The summed E-state index contributed by atoms with van der Waals surface area (Å²) in [5, 5.41) is 3.64. The summed E-state index contributed by atoms with van der Waals surface area (Å²) in [7, 11) is 0. The van der Waals surface area contributed by atoms with Gasteiger partial charge in [0.05, 0.1) is 0 Å². The SMILES string of the molecule is CCCCC(Cc1cccnc1)NC(C)C. The average molecular weight is 220 g/mol. The van der Waals surface area contributed by atoms with Crippen molar-refractivity contribution in [3.05, 3.63) is 30.1 Å². The fraction of sp³-hybridized carbons (Fsp3) is 0.643. The van der Waals surface area contributed by atoms with Crippen LogP contribution in [-0.4, -0.2) is 17.1 Å². The van der Waals surface area contributed by atoms with E-state index in [0.717, 1.165) is 6.42 Å². The van der Waals surface area contributed by atoms with E-state index >= 15 is 0 Å². The first-order chi connectivity index (χ1) is 7.72. The van der Waals surface area contributed by atoms with Crippen LogP contribution in [0, 0.1) is 0 Å². The number of nitrogens with zero attached hydrogens (tertiary/aromatic N) is 1. The molecule has 0 aliphatic heterocycles. The summed E-state index contributed by atoms with van der Waals surface area (Å²) in [5.41, 5.74) is 1.33. The van der Waals surface area contributed by atoms with Crippen LogP contribution in [0.1, 0.15) is 45.6 Å². The molecular weight excluding hydrogens is 196 g/mol. The van der Waals surface area contributed by atoms with E-state index in [1.54, 1.807) is 0 Å². The van der Waals surface area contributed by atoms with Crippen LogP contribution in [0.4, 0.5) is 0 Å². The number of hydrogen-bond donors (Lipinski definition) is 1. The molecule has 0 bridgehead atoms. The molecule has 0 saturated heterocycles. The van der Waals surface area contributed by atoms with Crippen molar-refractivity contribution >= 4 is 0 Å². The second-order valence-corrected chi connectivity index (χ2v) is 4.73. The summed E-state index contributed by atoms with van der Waals surface area (Å²) in [5.74, 6) is 0. The zero-order valence-electron chi connectivity index (χ0n) is 10.7. The molecule has 0 aliphatic rings. The fourth-order valence-electron chi connectivity index (χ4n) is 1.97. The van der Waals surface area contributed by atoms with Crippen molar-refractivity contribution in [2.24, 2.45) is 0 Å². The number of hydrogen-bond acceptors (Lipinski definition) is 2. The van der Waals surface area contributed by atoms with Gasteiger partial charge in [-0.15, -0.1) is 0 Å². The van der Waals surface area contributed by atoms with Gasteiger partial charge in [0.1, 0.15) is 0 Å². The Balaban J connectivity index is 2.49. The van der Waals surface area contributed by atoms with Crippen molar-refractivity contribution in [1.82, 2.24) is 10.3 Å². The van der Waals surface area contributed by atoms with E-state index in [-0.39, 0.29) is 0 Å². The standard InChI is InChI=1S/C14H24N2/c1-4-5-8-14(16-12(2)3)10-13-7-6-9-15-11-13/h6-7,9,11-12,14,16H,4-5,8,10H2,1-3H3. The normalized spacial score (nSPS) is 13.0. The van der Waals surface area contributed by atoms with E-state index in [1.165, 1.54) is 24.8 Å². The van der Waals surface area contributed by atoms with Gasteiger partial charge >= 0.3 is 0 Å². The lowest BCUT2D eigenvalue weighted by molar-refractivity contribution is 0.424. The molecule has 1 unspecified atom stereocenters. The summed E-state index contributed by atoms with van der Waals surface area (Å²) >= 11 is 0. The van der Waals surface area contributed by atoms with Gasteiger partial charge in [0.2, 0.25) is 0 Å². The second kappa shape index (κ2) is 7.39. The van der Waals surface area contributed by atoms with Crippen LogP contribution >= 0.6 is 0 Å². The van der Waals surface area contributed by atoms with Crippen molar-refractivity contribution in [3.8, 4) is 0 Å². The lowest BCUT2D eigenvalue weighted by Gasteiger charge is -2.21. The van der Waals surface area contributed by atoms with Crippen LogP contribution < -0.4 is 5.32 Å². The van der Waals surface area contributed by atoms with Crippen LogP contribution in [0.5, 0.6) is 0 Å². The minimum Gasteiger partial charge on any atom is -0.311 e. The maximum atomic E-state index is 4.17. The summed E-state index contributed by atoms with van der Waals surface area (Å²) < 4.78 is 0. The molecule has 0 fully saturated rings. The Morgan fingerprint density at radius 1 is 1.38 bits per heavy atom. The summed E-state index contributed by atoms with van der Waals surface area (Å²) in [4.78, 5) is 4.17. The van der Waals surface area contributed by atoms with E-state index in [1.807, 2.05) is 18.5 Å². The Morgan fingerprint density at radius 2 is 2.19 bits per heavy atom. The third-order valence-corrected chi connectivity index (χ3v) is 2.68. The third kappa shape index (κ3) is 5.26. The Hall–Kier alpha value is -0.890. The highest BCUT2D eigenvalue weighted by molar-refractivity contribution is 5.10. The third-order valence-electron chi connectivity index (χ3n) is 2.68. The van der Waals surface area contributed by atoms with E-state index in [9.17, 15) is 0 Å². The first-order valence-electron chi connectivity index (χ1n) is 6.37. The van der Waals surface area contributed by atoms with Crippen LogP contribution in [0.25, 0.3) is 0 Å². The molecule has 90 valence electrons. The minimum atomic E-state index is 0.554. The molecule has 0 saturated carbocycles. The Kier molecular flexibility index (Phi) is 6.09. The van der Waals surface area contributed by atoms with Gasteiger partial charge in [-0.3, -0.25) is 4.98 Å². The smallest absolute Gasteiger partial charge is 0.0300 e. The van der Waals surface area contributed by atoms with Crippen LogP contribution in [0.2, 0.25) is 0 Å². The van der Waals surface area contributed by atoms with E-state index < -0.39 is 0 Å². The first-order valence-corrected chi connectivity index (χ1v) is 6.37. The summed E-state index contributed by atoms with van der Waals surface area (Å²) in [6.45, 7) is 6.67. The Labute approximate surface area is 99.5 Å². The monoisotopic (exact) mass is 220 g/mol. The van der Waals surface area contributed by atoms with E-state index in [4.69, 9.17) is 0 Å². The van der Waals surface area contributed by atoms with Gasteiger partial charge in [-0.1, -0.05) is 39.7 Å². The fourth-order valence-corrected chi connectivity index (χ4v) is 1.97. The number of pyridine rings is 1. The molecule has 2 heteroatoms. The molecule has 1 rings (SSSR count). The van der Waals surface area contributed by atoms with Crippen LogP contribution in [0.15, 0.2) is 24.5 Å². The summed E-state index contributed by atoms with van der Waals surface area (Å²) in [6, 6.07) is 5.32. The largest absolute Gasteiger partial charge is 0.311 e. The van der Waals surface area contributed by atoms with Crippen molar-refractivity contribution in [2.75, 3.05) is 0 Å². The summed E-state index contributed by atoms with van der Waals surface area (Å²) in [6.07, 6.45) is 8.71.